The molecule has 0 spiro atoms. The second-order valence-electron chi connectivity index (χ2n) is 5.99. The Bertz CT molecular complexity index is 838. The van der Waals surface area contributed by atoms with Gasteiger partial charge < -0.3 is 19.9 Å². The van der Waals surface area contributed by atoms with E-state index in [1.807, 2.05) is 24.3 Å². The fourth-order valence-corrected chi connectivity index (χ4v) is 2.91. The Labute approximate surface area is 149 Å². The molecule has 0 saturated heterocycles. The number of carbonyl (C=O) groups excluding carboxylic acids is 1. The maximum Gasteiger partial charge on any atom is 0.330 e. The highest BCUT2D eigenvalue weighted by atomic mass is 19.1. The van der Waals surface area contributed by atoms with Crippen LogP contribution in [0.4, 0.5) is 4.39 Å². The van der Waals surface area contributed by atoms with Crippen LogP contribution in [-0.2, 0) is 16.0 Å². The molecule has 1 aliphatic rings. The maximum absolute atomic E-state index is 13.9. The number of aliphatic carboxylic acids is 1. The zero-order valence-electron chi connectivity index (χ0n) is 14.1. The van der Waals surface area contributed by atoms with Gasteiger partial charge in [-0.1, -0.05) is 24.3 Å². The van der Waals surface area contributed by atoms with E-state index in [0.29, 0.717) is 6.42 Å². The smallest absolute Gasteiger partial charge is 0.330 e. The Morgan fingerprint density at radius 1 is 1.31 bits per heavy atom. The van der Waals surface area contributed by atoms with Crippen LogP contribution >= 0.6 is 0 Å². The number of rotatable bonds is 5. The van der Waals surface area contributed by atoms with E-state index in [2.05, 4.69) is 5.32 Å². The van der Waals surface area contributed by atoms with Crippen molar-refractivity contribution in [2.75, 3.05) is 13.7 Å². The molecule has 0 aliphatic carbocycles. The first-order valence-electron chi connectivity index (χ1n) is 8.07. The molecular formula is C19H18FNO5. The topological polar surface area (TPSA) is 84.9 Å². The number of para-hydroxylation sites is 1. The lowest BCUT2D eigenvalue weighted by Crippen LogP contribution is -2.41. The van der Waals surface area contributed by atoms with E-state index in [4.69, 9.17) is 9.47 Å². The summed E-state index contributed by atoms with van der Waals surface area (Å²) in [5, 5.41) is 11.9. The van der Waals surface area contributed by atoms with Crippen molar-refractivity contribution >= 4 is 11.9 Å². The van der Waals surface area contributed by atoms with Crippen LogP contribution in [0.5, 0.6) is 11.5 Å². The van der Waals surface area contributed by atoms with Crippen molar-refractivity contribution in [3.8, 4) is 11.5 Å². The first-order valence-corrected chi connectivity index (χ1v) is 8.07. The number of carboxylic acid groups (broad SMARTS) is 1. The molecule has 2 aromatic rings. The fourth-order valence-electron chi connectivity index (χ4n) is 2.91. The monoisotopic (exact) mass is 359 g/mol. The summed E-state index contributed by atoms with van der Waals surface area (Å²) in [7, 11) is 1.31. The number of hydrogen-bond donors (Lipinski definition) is 2. The Morgan fingerprint density at radius 2 is 2.08 bits per heavy atom. The summed E-state index contributed by atoms with van der Waals surface area (Å²) in [4.78, 5) is 24.1. The van der Waals surface area contributed by atoms with Crippen LogP contribution in [0, 0.1) is 11.7 Å². The van der Waals surface area contributed by atoms with Gasteiger partial charge in [0.05, 0.1) is 13.0 Å². The third-order valence-corrected chi connectivity index (χ3v) is 4.29. The average Bonchev–Trinajstić information content (AvgIpc) is 2.65. The van der Waals surface area contributed by atoms with Gasteiger partial charge in [-0.05, 0) is 35.7 Å². The predicted octanol–water partition coefficient (Wildman–Crippen LogP) is 2.33. The molecule has 2 N–H and O–H groups in total. The maximum atomic E-state index is 13.9. The van der Waals surface area contributed by atoms with Crippen LogP contribution in [-0.4, -0.2) is 30.7 Å². The van der Waals surface area contributed by atoms with E-state index in [1.165, 1.54) is 19.2 Å². The van der Waals surface area contributed by atoms with Crippen molar-refractivity contribution < 1.29 is 28.6 Å². The number of halogens is 1. The Hall–Kier alpha value is -3.09. The number of amides is 1. The van der Waals surface area contributed by atoms with Crippen LogP contribution in [0.1, 0.15) is 17.2 Å². The zero-order chi connectivity index (χ0) is 18.7. The average molecular weight is 359 g/mol. The molecule has 0 bridgehead atoms. The number of benzene rings is 2. The summed E-state index contributed by atoms with van der Waals surface area (Å²) in [6, 6.07) is 9.80. The van der Waals surface area contributed by atoms with Crippen LogP contribution in [0.15, 0.2) is 42.5 Å². The first kappa shape index (κ1) is 17.7. The first-order chi connectivity index (χ1) is 12.5. The van der Waals surface area contributed by atoms with E-state index in [9.17, 15) is 19.1 Å². The van der Waals surface area contributed by atoms with Crippen molar-refractivity contribution in [1.82, 2.24) is 5.32 Å². The van der Waals surface area contributed by atoms with Gasteiger partial charge >= 0.3 is 5.97 Å². The van der Waals surface area contributed by atoms with Gasteiger partial charge in [-0.25, -0.2) is 9.18 Å². The molecule has 3 rings (SSSR count). The molecule has 1 heterocycles. The fraction of sp³-hybridized carbons (Fsp3) is 0.263. The van der Waals surface area contributed by atoms with Gasteiger partial charge in [-0.2, -0.15) is 0 Å². The minimum absolute atomic E-state index is 0.00139. The highest BCUT2D eigenvalue weighted by Crippen LogP contribution is 2.28. The summed E-state index contributed by atoms with van der Waals surface area (Å²) in [6.07, 6.45) is 0.450. The minimum Gasteiger partial charge on any atom is -0.494 e. The summed E-state index contributed by atoms with van der Waals surface area (Å²) in [6.45, 7) is 0.159. The molecule has 0 saturated carbocycles. The molecule has 0 radical (unpaired) electrons. The number of methoxy groups -OCH3 is 1. The van der Waals surface area contributed by atoms with Gasteiger partial charge in [-0.15, -0.1) is 0 Å². The van der Waals surface area contributed by atoms with Gasteiger partial charge in [0.1, 0.15) is 12.4 Å². The molecule has 7 heteroatoms. The SMILES string of the molecule is COc1ccc(C(NC(=O)C2COc3ccccc3C2)C(=O)O)cc1F. The standard InChI is InChI=1S/C19H18FNO5/c1-25-16-7-6-12(9-14(16)20)17(19(23)24)21-18(22)13-8-11-4-2-3-5-15(11)26-10-13/h2-7,9,13,17H,8,10H2,1H3,(H,21,22)(H,23,24). The summed E-state index contributed by atoms with van der Waals surface area (Å²) in [5.74, 6) is -2.22. The van der Waals surface area contributed by atoms with Gasteiger partial charge in [0.2, 0.25) is 5.91 Å². The molecule has 0 aromatic heterocycles. The molecule has 0 fully saturated rings. The number of carboxylic acids is 1. The van der Waals surface area contributed by atoms with Crippen LogP contribution in [0.3, 0.4) is 0 Å². The highest BCUT2D eigenvalue weighted by Gasteiger charge is 2.30. The molecule has 2 aromatic carbocycles. The Kier molecular flexibility index (Phi) is 5.06. The van der Waals surface area contributed by atoms with Gasteiger partial charge in [0.15, 0.2) is 17.6 Å². The second kappa shape index (κ2) is 7.43. The largest absolute Gasteiger partial charge is 0.494 e. The zero-order valence-corrected chi connectivity index (χ0v) is 14.1. The summed E-state index contributed by atoms with van der Waals surface area (Å²) in [5.41, 5.74) is 1.02. The molecule has 1 aliphatic heterocycles. The molecule has 26 heavy (non-hydrogen) atoms. The van der Waals surface area contributed by atoms with Crippen LogP contribution in [0.2, 0.25) is 0 Å². The van der Waals surface area contributed by atoms with E-state index in [1.54, 1.807) is 0 Å². The summed E-state index contributed by atoms with van der Waals surface area (Å²) < 4.78 is 24.3. The Balaban J connectivity index is 1.75. The molecular weight excluding hydrogens is 341 g/mol. The van der Waals surface area contributed by atoms with Gasteiger partial charge in [0, 0.05) is 0 Å². The van der Waals surface area contributed by atoms with Crippen LogP contribution < -0.4 is 14.8 Å². The lowest BCUT2D eigenvalue weighted by atomic mass is 9.95. The van der Waals surface area contributed by atoms with E-state index in [-0.39, 0.29) is 17.9 Å². The number of ether oxygens (including phenoxy) is 2. The number of nitrogens with one attached hydrogen (secondary N) is 1. The highest BCUT2D eigenvalue weighted by molar-refractivity contribution is 5.86. The number of fused-ring (bicyclic) bond motifs is 1. The number of carbonyl (C=O) groups is 2. The lowest BCUT2D eigenvalue weighted by molar-refractivity contribution is -0.143. The predicted molar refractivity (Wildman–Crippen MR) is 90.6 cm³/mol. The van der Waals surface area contributed by atoms with Crippen molar-refractivity contribution in [2.24, 2.45) is 5.92 Å². The van der Waals surface area contributed by atoms with Gasteiger partial charge in [0.25, 0.3) is 0 Å². The minimum atomic E-state index is -1.36. The Morgan fingerprint density at radius 3 is 2.77 bits per heavy atom. The third kappa shape index (κ3) is 3.61. The normalized spacial score (nSPS) is 16.8. The van der Waals surface area contributed by atoms with Crippen molar-refractivity contribution in [2.45, 2.75) is 12.5 Å². The number of hydrogen-bond acceptors (Lipinski definition) is 4. The molecule has 6 nitrogen and oxygen atoms in total. The van der Waals surface area contributed by atoms with E-state index in [0.717, 1.165) is 17.4 Å². The lowest BCUT2D eigenvalue weighted by Gasteiger charge is -2.26. The summed E-state index contributed by atoms with van der Waals surface area (Å²) >= 11 is 0. The van der Waals surface area contributed by atoms with Crippen molar-refractivity contribution in [3.05, 3.63) is 59.4 Å². The molecule has 1 amide bonds. The van der Waals surface area contributed by atoms with E-state index < -0.39 is 29.7 Å². The quantitative estimate of drug-likeness (QED) is 0.856. The van der Waals surface area contributed by atoms with Gasteiger partial charge in [-0.3, -0.25) is 4.79 Å². The molecule has 2 unspecified atom stereocenters. The van der Waals surface area contributed by atoms with Crippen molar-refractivity contribution in [3.63, 3.8) is 0 Å². The van der Waals surface area contributed by atoms with Crippen LogP contribution in [0.25, 0.3) is 0 Å². The molecule has 2 atom stereocenters. The van der Waals surface area contributed by atoms with E-state index >= 15 is 0 Å². The third-order valence-electron chi connectivity index (χ3n) is 4.29. The second-order valence-corrected chi connectivity index (χ2v) is 5.99. The van der Waals surface area contributed by atoms with Crippen molar-refractivity contribution in [1.29, 1.82) is 0 Å². The molecule has 136 valence electrons.